The van der Waals surface area contributed by atoms with E-state index in [1.54, 1.807) is 0 Å². The minimum Gasteiger partial charge on any atom is -0.459 e. The molecule has 0 radical (unpaired) electrons. The van der Waals surface area contributed by atoms with Crippen molar-refractivity contribution >= 4 is 11.7 Å². The zero-order valence-electron chi connectivity index (χ0n) is 13.9. The fraction of sp³-hybridized carbons (Fsp3) is 0.611. The highest BCUT2D eigenvalue weighted by Crippen LogP contribution is 2.28. The molecule has 2 aliphatic rings. The van der Waals surface area contributed by atoms with Crippen LogP contribution >= 0.6 is 0 Å². The number of hydrogen-bond acceptors (Lipinski definition) is 5. The highest BCUT2D eigenvalue weighted by Gasteiger charge is 2.28. The van der Waals surface area contributed by atoms with Crippen molar-refractivity contribution in [2.75, 3.05) is 13.1 Å². The van der Waals surface area contributed by atoms with E-state index >= 15 is 0 Å². The van der Waals surface area contributed by atoms with Crippen molar-refractivity contribution in [3.05, 3.63) is 39.9 Å². The molecule has 0 unspecified atom stereocenters. The summed E-state index contributed by atoms with van der Waals surface area (Å²) in [5.41, 5.74) is 0.354. The maximum atomic E-state index is 12.2. The largest absolute Gasteiger partial charge is 0.459 e. The first-order valence-electron chi connectivity index (χ1n) is 8.83. The van der Waals surface area contributed by atoms with Gasteiger partial charge in [-0.15, -0.1) is 0 Å². The molecule has 1 aliphatic carbocycles. The summed E-state index contributed by atoms with van der Waals surface area (Å²) >= 11 is 0. The quantitative estimate of drug-likeness (QED) is 0.479. The highest BCUT2D eigenvalue weighted by atomic mass is 16.6. The van der Waals surface area contributed by atoms with E-state index in [-0.39, 0.29) is 17.8 Å². The molecule has 0 atom stereocenters. The smallest absolute Gasteiger partial charge is 0.338 e. The monoisotopic (exact) mass is 332 g/mol. The Bertz CT molecular complexity index is 573. The molecule has 1 saturated carbocycles. The van der Waals surface area contributed by atoms with Gasteiger partial charge in [-0.3, -0.25) is 10.1 Å². The second kappa shape index (κ2) is 7.75. The fourth-order valence-electron chi connectivity index (χ4n) is 3.75. The van der Waals surface area contributed by atoms with E-state index in [2.05, 4.69) is 4.90 Å². The van der Waals surface area contributed by atoms with Crippen LogP contribution in [0.1, 0.15) is 55.3 Å². The average molecular weight is 332 g/mol. The van der Waals surface area contributed by atoms with Gasteiger partial charge in [0.25, 0.3) is 5.69 Å². The second-order valence-electron chi connectivity index (χ2n) is 6.74. The topological polar surface area (TPSA) is 72.7 Å². The first-order chi connectivity index (χ1) is 11.6. The van der Waals surface area contributed by atoms with Gasteiger partial charge < -0.3 is 9.64 Å². The molecule has 0 bridgehead atoms. The lowest BCUT2D eigenvalue weighted by molar-refractivity contribution is -0.384. The molecule has 130 valence electrons. The number of non-ortho nitro benzene ring substituents is 1. The predicted molar refractivity (Wildman–Crippen MR) is 90.0 cm³/mol. The van der Waals surface area contributed by atoms with Crippen LogP contribution in [0.3, 0.4) is 0 Å². The zero-order chi connectivity index (χ0) is 16.9. The van der Waals surface area contributed by atoms with Gasteiger partial charge in [0.15, 0.2) is 0 Å². The van der Waals surface area contributed by atoms with Gasteiger partial charge in [-0.1, -0.05) is 6.42 Å². The van der Waals surface area contributed by atoms with Crippen LogP contribution in [0.15, 0.2) is 24.3 Å². The van der Waals surface area contributed by atoms with Crippen molar-refractivity contribution in [1.29, 1.82) is 0 Å². The van der Waals surface area contributed by atoms with Crippen molar-refractivity contribution in [3.8, 4) is 0 Å². The molecule has 1 aromatic carbocycles. The van der Waals surface area contributed by atoms with Crippen LogP contribution in [0.5, 0.6) is 0 Å². The molecule has 1 saturated heterocycles. The fourth-order valence-corrected chi connectivity index (χ4v) is 3.75. The summed E-state index contributed by atoms with van der Waals surface area (Å²) < 4.78 is 5.59. The number of carbonyl (C=O) groups is 1. The number of nitro benzene ring substituents is 1. The predicted octanol–water partition coefficient (Wildman–Crippen LogP) is 3.55. The number of benzene rings is 1. The van der Waals surface area contributed by atoms with Crippen LogP contribution in [-0.4, -0.2) is 41.0 Å². The highest BCUT2D eigenvalue weighted by molar-refractivity contribution is 5.89. The van der Waals surface area contributed by atoms with Gasteiger partial charge in [0.2, 0.25) is 0 Å². The Morgan fingerprint density at radius 3 is 2.25 bits per heavy atom. The first kappa shape index (κ1) is 16.9. The standard InChI is InChI=1S/C18H24N2O4/c21-18(14-4-6-16(7-5-14)20(22)23)24-17-10-8-15(9-11-17)19-12-2-1-3-13-19/h4-7,15,17H,1-3,8-13H2. The molecule has 1 aromatic rings. The van der Waals surface area contributed by atoms with Gasteiger partial charge >= 0.3 is 5.97 Å². The van der Waals surface area contributed by atoms with E-state index in [1.807, 2.05) is 0 Å². The number of hydrogen-bond donors (Lipinski definition) is 0. The minimum atomic E-state index is -0.475. The molecule has 0 spiro atoms. The third-order valence-electron chi connectivity index (χ3n) is 5.14. The van der Waals surface area contributed by atoms with Gasteiger partial charge in [0, 0.05) is 18.2 Å². The van der Waals surface area contributed by atoms with Crippen LogP contribution < -0.4 is 0 Å². The van der Waals surface area contributed by atoms with Crippen LogP contribution in [0.4, 0.5) is 5.69 Å². The number of carbonyl (C=O) groups excluding carboxylic acids is 1. The van der Waals surface area contributed by atoms with Crippen LogP contribution in [0.25, 0.3) is 0 Å². The van der Waals surface area contributed by atoms with Gasteiger partial charge in [-0.25, -0.2) is 4.79 Å². The molecular formula is C18H24N2O4. The summed E-state index contributed by atoms with van der Waals surface area (Å²) in [6, 6.07) is 6.23. The number of ether oxygens (including phenoxy) is 1. The molecular weight excluding hydrogens is 308 g/mol. The average Bonchev–Trinajstić information content (AvgIpc) is 2.63. The summed E-state index contributed by atoms with van der Waals surface area (Å²) in [4.78, 5) is 24.9. The summed E-state index contributed by atoms with van der Waals surface area (Å²) in [6.45, 7) is 2.41. The van der Waals surface area contributed by atoms with E-state index in [0.717, 1.165) is 25.7 Å². The molecule has 0 N–H and O–H groups in total. The number of esters is 1. The maximum Gasteiger partial charge on any atom is 0.338 e. The lowest BCUT2D eigenvalue weighted by Crippen LogP contribution is -2.42. The Kier molecular flexibility index (Phi) is 5.45. The van der Waals surface area contributed by atoms with E-state index in [9.17, 15) is 14.9 Å². The Morgan fingerprint density at radius 2 is 1.67 bits per heavy atom. The van der Waals surface area contributed by atoms with E-state index in [1.165, 1.54) is 56.6 Å². The van der Waals surface area contributed by atoms with Crippen LogP contribution in [0.2, 0.25) is 0 Å². The van der Waals surface area contributed by atoms with Crippen molar-refractivity contribution in [3.63, 3.8) is 0 Å². The molecule has 2 fully saturated rings. The lowest BCUT2D eigenvalue weighted by atomic mass is 9.90. The van der Waals surface area contributed by atoms with Gasteiger partial charge in [-0.2, -0.15) is 0 Å². The lowest BCUT2D eigenvalue weighted by Gasteiger charge is -2.38. The first-order valence-corrected chi connectivity index (χ1v) is 8.83. The molecule has 6 nitrogen and oxygen atoms in total. The molecule has 0 aromatic heterocycles. The summed E-state index contributed by atoms with van der Waals surface area (Å²) in [5.74, 6) is -0.383. The normalized spacial score (nSPS) is 25.2. The van der Waals surface area contributed by atoms with Gasteiger partial charge in [0.05, 0.1) is 10.5 Å². The molecule has 6 heteroatoms. The van der Waals surface area contributed by atoms with Crippen molar-refractivity contribution in [1.82, 2.24) is 4.90 Å². The van der Waals surface area contributed by atoms with Crippen molar-refractivity contribution in [2.24, 2.45) is 0 Å². The molecule has 24 heavy (non-hydrogen) atoms. The number of likely N-dealkylation sites (tertiary alicyclic amines) is 1. The van der Waals surface area contributed by atoms with Crippen LogP contribution in [-0.2, 0) is 4.74 Å². The SMILES string of the molecule is O=C(OC1CCC(N2CCCCC2)CC1)c1ccc([N+](=O)[O-])cc1. The van der Waals surface area contributed by atoms with Gasteiger partial charge in [-0.05, 0) is 63.7 Å². The summed E-state index contributed by atoms with van der Waals surface area (Å²) in [5, 5.41) is 10.6. The minimum absolute atomic E-state index is 0.0198. The van der Waals surface area contributed by atoms with Crippen molar-refractivity contribution < 1.29 is 14.5 Å². The number of piperidine rings is 1. The Labute approximate surface area is 141 Å². The van der Waals surface area contributed by atoms with Crippen LogP contribution in [0, 0.1) is 10.1 Å². The number of nitrogens with zero attached hydrogens (tertiary/aromatic N) is 2. The zero-order valence-corrected chi connectivity index (χ0v) is 13.9. The Hall–Kier alpha value is -1.95. The molecule has 1 heterocycles. The Morgan fingerprint density at radius 1 is 1.04 bits per heavy atom. The third-order valence-corrected chi connectivity index (χ3v) is 5.14. The van der Waals surface area contributed by atoms with Gasteiger partial charge in [0.1, 0.15) is 6.10 Å². The maximum absolute atomic E-state index is 12.2. The number of rotatable bonds is 4. The second-order valence-corrected chi connectivity index (χ2v) is 6.74. The summed E-state index contributed by atoms with van der Waals surface area (Å²) in [6.07, 6.45) is 7.88. The molecule has 1 aliphatic heterocycles. The molecule has 3 rings (SSSR count). The Balaban J connectivity index is 1.48. The third kappa shape index (κ3) is 4.12. The molecule has 0 amide bonds. The number of nitro groups is 1. The van der Waals surface area contributed by atoms with E-state index in [0.29, 0.717) is 11.6 Å². The summed E-state index contributed by atoms with van der Waals surface area (Å²) in [7, 11) is 0. The van der Waals surface area contributed by atoms with E-state index < -0.39 is 4.92 Å². The van der Waals surface area contributed by atoms with E-state index in [4.69, 9.17) is 4.74 Å². The van der Waals surface area contributed by atoms with Crippen molar-refractivity contribution in [2.45, 2.75) is 57.1 Å².